The van der Waals surface area contributed by atoms with E-state index in [1.54, 1.807) is 36.9 Å². The predicted octanol–water partition coefficient (Wildman–Crippen LogP) is 2.77. The second kappa shape index (κ2) is 6.30. The Hall–Kier alpha value is -2.83. The molecule has 3 heterocycles. The van der Waals surface area contributed by atoms with Crippen LogP contribution in [-0.2, 0) is 0 Å². The minimum atomic E-state index is 0.0978. The summed E-state index contributed by atoms with van der Waals surface area (Å²) in [4.78, 5) is 16.6. The van der Waals surface area contributed by atoms with Crippen molar-refractivity contribution < 1.29 is 9.26 Å². The van der Waals surface area contributed by atoms with Crippen LogP contribution in [0.5, 0.6) is 5.88 Å². The Balaban J connectivity index is 1.86. The number of pyridine rings is 1. The summed E-state index contributed by atoms with van der Waals surface area (Å²) in [5, 5.41) is 3.92. The standard InChI is InChI=1S/C15H15N5O2/c1-3-10(2)21-13-8-11(4-5-18-13)15-19-14(20-22-15)12-9-16-6-7-17-12/h4-10H,3H2,1-2H3. The van der Waals surface area contributed by atoms with E-state index in [1.165, 1.54) is 0 Å². The molecule has 0 spiro atoms. The summed E-state index contributed by atoms with van der Waals surface area (Å²) >= 11 is 0. The van der Waals surface area contributed by atoms with Gasteiger partial charge in [0.1, 0.15) is 5.69 Å². The summed E-state index contributed by atoms with van der Waals surface area (Å²) in [6.07, 6.45) is 7.41. The summed E-state index contributed by atoms with van der Waals surface area (Å²) in [5.41, 5.74) is 1.30. The highest BCUT2D eigenvalue weighted by atomic mass is 16.5. The maximum Gasteiger partial charge on any atom is 0.258 e. The fourth-order valence-corrected chi connectivity index (χ4v) is 1.76. The van der Waals surface area contributed by atoms with Gasteiger partial charge < -0.3 is 9.26 Å². The van der Waals surface area contributed by atoms with Gasteiger partial charge in [0.25, 0.3) is 5.89 Å². The van der Waals surface area contributed by atoms with Crippen molar-refractivity contribution in [2.24, 2.45) is 0 Å². The topological polar surface area (TPSA) is 86.8 Å². The molecule has 0 saturated heterocycles. The molecule has 0 amide bonds. The van der Waals surface area contributed by atoms with Crippen LogP contribution < -0.4 is 4.74 Å². The molecule has 1 unspecified atom stereocenters. The van der Waals surface area contributed by atoms with Crippen LogP contribution in [-0.4, -0.2) is 31.2 Å². The number of aromatic nitrogens is 5. The van der Waals surface area contributed by atoms with Gasteiger partial charge in [-0.05, 0) is 19.4 Å². The molecular formula is C15H15N5O2. The number of rotatable bonds is 5. The molecule has 112 valence electrons. The molecule has 3 aromatic rings. The molecular weight excluding hydrogens is 282 g/mol. The number of hydrogen-bond donors (Lipinski definition) is 0. The lowest BCUT2D eigenvalue weighted by Crippen LogP contribution is -2.10. The molecule has 0 aliphatic heterocycles. The van der Waals surface area contributed by atoms with Gasteiger partial charge >= 0.3 is 0 Å². The van der Waals surface area contributed by atoms with Crippen molar-refractivity contribution in [2.45, 2.75) is 26.4 Å². The van der Waals surface area contributed by atoms with Gasteiger partial charge in [-0.25, -0.2) is 9.97 Å². The van der Waals surface area contributed by atoms with Crippen molar-refractivity contribution in [1.29, 1.82) is 0 Å². The Labute approximate surface area is 127 Å². The molecule has 3 aromatic heterocycles. The third-order valence-electron chi connectivity index (χ3n) is 3.10. The number of ether oxygens (including phenoxy) is 1. The molecule has 0 bridgehead atoms. The quantitative estimate of drug-likeness (QED) is 0.715. The van der Waals surface area contributed by atoms with Crippen LogP contribution in [0.15, 0.2) is 41.4 Å². The van der Waals surface area contributed by atoms with Crippen molar-refractivity contribution in [1.82, 2.24) is 25.1 Å². The molecule has 0 radical (unpaired) electrons. The zero-order valence-corrected chi connectivity index (χ0v) is 12.3. The van der Waals surface area contributed by atoms with Gasteiger partial charge in [0, 0.05) is 30.2 Å². The van der Waals surface area contributed by atoms with Crippen molar-refractivity contribution in [2.75, 3.05) is 0 Å². The lowest BCUT2D eigenvalue weighted by Gasteiger charge is -2.11. The molecule has 3 rings (SSSR count). The molecule has 7 heteroatoms. The number of nitrogens with zero attached hydrogens (tertiary/aromatic N) is 5. The third-order valence-corrected chi connectivity index (χ3v) is 3.10. The van der Waals surface area contributed by atoms with Gasteiger partial charge in [0.15, 0.2) is 0 Å². The van der Waals surface area contributed by atoms with Crippen LogP contribution in [0.25, 0.3) is 23.0 Å². The number of hydrogen-bond acceptors (Lipinski definition) is 7. The SMILES string of the molecule is CCC(C)Oc1cc(-c2nc(-c3cnccn3)no2)ccn1. The summed E-state index contributed by atoms with van der Waals surface area (Å²) < 4.78 is 11.0. The predicted molar refractivity (Wildman–Crippen MR) is 78.9 cm³/mol. The van der Waals surface area contributed by atoms with E-state index in [1.807, 2.05) is 6.92 Å². The van der Waals surface area contributed by atoms with E-state index in [2.05, 4.69) is 32.0 Å². The molecule has 0 aromatic carbocycles. The first-order valence-electron chi connectivity index (χ1n) is 6.99. The van der Waals surface area contributed by atoms with E-state index >= 15 is 0 Å². The van der Waals surface area contributed by atoms with Crippen LogP contribution in [0.4, 0.5) is 0 Å². The van der Waals surface area contributed by atoms with Gasteiger partial charge in [-0.15, -0.1) is 0 Å². The summed E-state index contributed by atoms with van der Waals surface area (Å²) in [6.45, 7) is 4.05. The average Bonchev–Trinajstić information content (AvgIpc) is 3.06. The summed E-state index contributed by atoms with van der Waals surface area (Å²) in [5.74, 6) is 1.31. The van der Waals surface area contributed by atoms with E-state index in [9.17, 15) is 0 Å². The van der Waals surface area contributed by atoms with Crippen molar-refractivity contribution in [3.05, 3.63) is 36.9 Å². The normalized spacial score (nSPS) is 12.1. The van der Waals surface area contributed by atoms with Gasteiger partial charge in [-0.1, -0.05) is 12.1 Å². The van der Waals surface area contributed by atoms with Crippen LogP contribution in [0, 0.1) is 0 Å². The molecule has 0 aliphatic rings. The largest absolute Gasteiger partial charge is 0.475 e. The summed E-state index contributed by atoms with van der Waals surface area (Å²) in [7, 11) is 0. The second-order valence-corrected chi connectivity index (χ2v) is 4.73. The minimum Gasteiger partial charge on any atom is -0.475 e. The van der Waals surface area contributed by atoms with E-state index < -0.39 is 0 Å². The minimum absolute atomic E-state index is 0.0978. The van der Waals surface area contributed by atoms with Gasteiger partial charge in [0.2, 0.25) is 11.7 Å². The maximum atomic E-state index is 5.69. The zero-order chi connectivity index (χ0) is 15.4. The lowest BCUT2D eigenvalue weighted by molar-refractivity contribution is 0.208. The first kappa shape index (κ1) is 14.1. The molecule has 22 heavy (non-hydrogen) atoms. The van der Waals surface area contributed by atoms with Gasteiger partial charge in [-0.2, -0.15) is 4.98 Å². The fraction of sp³-hybridized carbons (Fsp3) is 0.267. The van der Waals surface area contributed by atoms with Crippen LogP contribution in [0.3, 0.4) is 0 Å². The molecule has 0 aliphatic carbocycles. The van der Waals surface area contributed by atoms with Crippen LogP contribution in [0.2, 0.25) is 0 Å². The zero-order valence-electron chi connectivity index (χ0n) is 12.3. The average molecular weight is 297 g/mol. The van der Waals surface area contributed by atoms with E-state index in [0.717, 1.165) is 12.0 Å². The molecule has 0 fully saturated rings. The highest BCUT2D eigenvalue weighted by Gasteiger charge is 2.13. The summed E-state index contributed by atoms with van der Waals surface area (Å²) in [6, 6.07) is 3.57. The Morgan fingerprint density at radius 3 is 2.91 bits per heavy atom. The Morgan fingerprint density at radius 1 is 1.23 bits per heavy atom. The highest BCUT2D eigenvalue weighted by Crippen LogP contribution is 2.23. The van der Waals surface area contributed by atoms with E-state index in [-0.39, 0.29) is 6.10 Å². The monoisotopic (exact) mass is 297 g/mol. The molecule has 0 N–H and O–H groups in total. The third kappa shape index (κ3) is 3.08. The molecule has 0 saturated carbocycles. The fourth-order valence-electron chi connectivity index (χ4n) is 1.76. The van der Waals surface area contributed by atoms with Crippen LogP contribution in [0.1, 0.15) is 20.3 Å². The van der Waals surface area contributed by atoms with Gasteiger partial charge in [0.05, 0.1) is 12.3 Å². The Kier molecular flexibility index (Phi) is 4.04. The van der Waals surface area contributed by atoms with Crippen molar-refractivity contribution >= 4 is 0 Å². The highest BCUT2D eigenvalue weighted by molar-refractivity contribution is 5.57. The molecule has 7 nitrogen and oxygen atoms in total. The maximum absolute atomic E-state index is 5.69. The van der Waals surface area contributed by atoms with Gasteiger partial charge in [-0.3, -0.25) is 4.98 Å². The van der Waals surface area contributed by atoms with Crippen LogP contribution >= 0.6 is 0 Å². The Morgan fingerprint density at radius 2 is 2.14 bits per heavy atom. The van der Waals surface area contributed by atoms with E-state index in [0.29, 0.717) is 23.3 Å². The van der Waals surface area contributed by atoms with E-state index in [4.69, 9.17) is 9.26 Å². The first-order chi connectivity index (χ1) is 10.8. The molecule has 1 atom stereocenters. The Bertz CT molecular complexity index is 744. The smallest absolute Gasteiger partial charge is 0.258 e. The first-order valence-corrected chi connectivity index (χ1v) is 6.99. The lowest BCUT2D eigenvalue weighted by atomic mass is 10.2. The second-order valence-electron chi connectivity index (χ2n) is 4.73. The van der Waals surface area contributed by atoms with Crippen molar-refractivity contribution in [3.63, 3.8) is 0 Å². The van der Waals surface area contributed by atoms with Crippen molar-refractivity contribution in [3.8, 4) is 28.9 Å².